The Bertz CT molecular complexity index is 679. The number of para-hydroxylation sites is 1. The molecule has 122 valence electrons. The number of aryl methyl sites for hydroxylation is 2. The van der Waals surface area contributed by atoms with Crippen molar-refractivity contribution in [3.05, 3.63) is 41.5 Å². The highest BCUT2D eigenvalue weighted by atomic mass is 16.1. The molecular weight excluding hydrogens is 290 g/mol. The summed E-state index contributed by atoms with van der Waals surface area (Å²) in [7, 11) is 0. The highest BCUT2D eigenvalue weighted by Gasteiger charge is 2.15. The van der Waals surface area contributed by atoms with Gasteiger partial charge in [-0.2, -0.15) is 0 Å². The zero-order chi connectivity index (χ0) is 16.1. The van der Waals surface area contributed by atoms with E-state index in [2.05, 4.69) is 20.1 Å². The van der Waals surface area contributed by atoms with Crippen molar-refractivity contribution in [2.45, 2.75) is 51.6 Å². The first-order valence-electron chi connectivity index (χ1n) is 8.25. The molecule has 0 saturated heterocycles. The average Bonchev–Trinajstić information content (AvgIpc) is 2.78. The number of amides is 1. The Hall–Kier alpha value is -2.37. The van der Waals surface area contributed by atoms with Gasteiger partial charge in [-0.3, -0.25) is 4.79 Å². The van der Waals surface area contributed by atoms with Crippen LogP contribution in [0.3, 0.4) is 0 Å². The first-order valence-corrected chi connectivity index (χ1v) is 8.25. The SMILES string of the molecule is Nc1ccccc1CCC(=O)NCc1nnc2n1CCCCC2. The van der Waals surface area contributed by atoms with E-state index in [4.69, 9.17) is 5.73 Å². The molecule has 3 rings (SSSR count). The van der Waals surface area contributed by atoms with E-state index in [1.807, 2.05) is 24.3 Å². The summed E-state index contributed by atoms with van der Waals surface area (Å²) < 4.78 is 2.16. The zero-order valence-electron chi connectivity index (χ0n) is 13.3. The topological polar surface area (TPSA) is 85.8 Å². The Labute approximate surface area is 136 Å². The van der Waals surface area contributed by atoms with Gasteiger partial charge in [0.2, 0.25) is 5.91 Å². The normalized spacial score (nSPS) is 14.1. The van der Waals surface area contributed by atoms with E-state index >= 15 is 0 Å². The summed E-state index contributed by atoms with van der Waals surface area (Å²) in [5.41, 5.74) is 7.65. The molecule has 0 atom stereocenters. The van der Waals surface area contributed by atoms with Gasteiger partial charge in [0, 0.05) is 25.1 Å². The van der Waals surface area contributed by atoms with Gasteiger partial charge in [0.05, 0.1) is 6.54 Å². The zero-order valence-corrected chi connectivity index (χ0v) is 13.3. The van der Waals surface area contributed by atoms with Gasteiger partial charge in [0.1, 0.15) is 5.82 Å². The quantitative estimate of drug-likeness (QED) is 0.825. The summed E-state index contributed by atoms with van der Waals surface area (Å²) in [6.07, 6.45) is 5.61. The van der Waals surface area contributed by atoms with Crippen LogP contribution in [0, 0.1) is 0 Å². The number of carbonyl (C=O) groups excluding carboxylic acids is 1. The second-order valence-corrected chi connectivity index (χ2v) is 5.97. The summed E-state index contributed by atoms with van der Waals surface area (Å²) in [6.45, 7) is 1.39. The number of fused-ring (bicyclic) bond motifs is 1. The second-order valence-electron chi connectivity index (χ2n) is 5.97. The van der Waals surface area contributed by atoms with Gasteiger partial charge in [-0.05, 0) is 30.9 Å². The van der Waals surface area contributed by atoms with Crippen LogP contribution in [-0.2, 0) is 30.7 Å². The van der Waals surface area contributed by atoms with Crippen molar-refractivity contribution in [1.29, 1.82) is 0 Å². The molecule has 0 fully saturated rings. The van der Waals surface area contributed by atoms with Crippen LogP contribution in [0.15, 0.2) is 24.3 Å². The standard InChI is InChI=1S/C17H23N5O/c18-14-7-4-3-6-13(14)9-10-17(23)19-12-16-21-20-15-8-2-1-5-11-22(15)16/h3-4,6-7H,1-2,5,8-12,18H2,(H,19,23). The Morgan fingerprint density at radius 3 is 2.96 bits per heavy atom. The molecule has 6 nitrogen and oxygen atoms in total. The predicted molar refractivity (Wildman–Crippen MR) is 88.6 cm³/mol. The lowest BCUT2D eigenvalue weighted by Gasteiger charge is -2.09. The lowest BCUT2D eigenvalue weighted by molar-refractivity contribution is -0.121. The van der Waals surface area contributed by atoms with Crippen LogP contribution in [0.1, 0.15) is 42.9 Å². The molecule has 3 N–H and O–H groups in total. The number of anilines is 1. The van der Waals surface area contributed by atoms with Crippen LogP contribution < -0.4 is 11.1 Å². The summed E-state index contributed by atoms with van der Waals surface area (Å²) in [5, 5.41) is 11.4. The fourth-order valence-electron chi connectivity index (χ4n) is 2.95. The average molecular weight is 313 g/mol. The monoisotopic (exact) mass is 313 g/mol. The number of hydrogen-bond donors (Lipinski definition) is 2. The van der Waals surface area contributed by atoms with Crippen molar-refractivity contribution in [2.24, 2.45) is 0 Å². The molecule has 1 aliphatic heterocycles. The van der Waals surface area contributed by atoms with E-state index in [0.29, 0.717) is 19.4 Å². The second kappa shape index (κ2) is 7.26. The Morgan fingerprint density at radius 1 is 1.22 bits per heavy atom. The Kier molecular flexibility index (Phi) is 4.90. The minimum Gasteiger partial charge on any atom is -0.399 e. The van der Waals surface area contributed by atoms with Crippen molar-refractivity contribution in [1.82, 2.24) is 20.1 Å². The van der Waals surface area contributed by atoms with Crippen molar-refractivity contribution < 1.29 is 4.79 Å². The number of benzene rings is 1. The highest BCUT2D eigenvalue weighted by Crippen LogP contribution is 2.15. The summed E-state index contributed by atoms with van der Waals surface area (Å²) in [5.74, 6) is 1.91. The van der Waals surface area contributed by atoms with Crippen LogP contribution in [-0.4, -0.2) is 20.7 Å². The molecule has 0 spiro atoms. The number of rotatable bonds is 5. The molecule has 0 bridgehead atoms. The third kappa shape index (κ3) is 3.88. The third-order valence-electron chi connectivity index (χ3n) is 4.31. The molecule has 2 aromatic rings. The molecule has 0 aliphatic carbocycles. The van der Waals surface area contributed by atoms with Crippen LogP contribution in [0.25, 0.3) is 0 Å². The summed E-state index contributed by atoms with van der Waals surface area (Å²) >= 11 is 0. The maximum absolute atomic E-state index is 12.0. The predicted octanol–water partition coefficient (Wildman–Crippen LogP) is 1.84. The molecule has 0 saturated carbocycles. The molecule has 0 radical (unpaired) electrons. The van der Waals surface area contributed by atoms with Crippen molar-refractivity contribution >= 4 is 11.6 Å². The van der Waals surface area contributed by atoms with Gasteiger partial charge in [-0.15, -0.1) is 10.2 Å². The molecule has 6 heteroatoms. The number of hydrogen-bond acceptors (Lipinski definition) is 4. The number of carbonyl (C=O) groups is 1. The summed E-state index contributed by atoms with van der Waals surface area (Å²) in [4.78, 5) is 12.0. The number of nitrogens with two attached hydrogens (primary N) is 1. The lowest BCUT2D eigenvalue weighted by Crippen LogP contribution is -2.25. The van der Waals surface area contributed by atoms with Gasteiger partial charge in [-0.25, -0.2) is 0 Å². The van der Waals surface area contributed by atoms with E-state index in [1.54, 1.807) is 0 Å². The molecule has 0 unspecified atom stereocenters. The molecule has 1 amide bonds. The van der Waals surface area contributed by atoms with Crippen LogP contribution >= 0.6 is 0 Å². The van der Waals surface area contributed by atoms with Gasteiger partial charge < -0.3 is 15.6 Å². The van der Waals surface area contributed by atoms with Crippen LogP contribution in [0.5, 0.6) is 0 Å². The van der Waals surface area contributed by atoms with Crippen molar-refractivity contribution in [2.75, 3.05) is 5.73 Å². The van der Waals surface area contributed by atoms with Crippen LogP contribution in [0.2, 0.25) is 0 Å². The van der Waals surface area contributed by atoms with E-state index in [1.165, 1.54) is 12.8 Å². The number of aromatic nitrogens is 3. The third-order valence-corrected chi connectivity index (χ3v) is 4.31. The minimum atomic E-state index is 0.0132. The number of nitrogen functional groups attached to an aromatic ring is 1. The fraction of sp³-hybridized carbons (Fsp3) is 0.471. The minimum absolute atomic E-state index is 0.0132. The van der Waals surface area contributed by atoms with Crippen molar-refractivity contribution in [3.63, 3.8) is 0 Å². The van der Waals surface area contributed by atoms with E-state index < -0.39 is 0 Å². The number of nitrogens with one attached hydrogen (secondary N) is 1. The van der Waals surface area contributed by atoms with E-state index in [0.717, 1.165) is 42.3 Å². The molecule has 1 aromatic carbocycles. The molecule has 1 aliphatic rings. The summed E-state index contributed by atoms with van der Waals surface area (Å²) in [6, 6.07) is 7.66. The lowest BCUT2D eigenvalue weighted by atomic mass is 10.1. The van der Waals surface area contributed by atoms with Crippen LogP contribution in [0.4, 0.5) is 5.69 Å². The van der Waals surface area contributed by atoms with Gasteiger partial charge >= 0.3 is 0 Å². The van der Waals surface area contributed by atoms with Gasteiger partial charge in [0.15, 0.2) is 5.82 Å². The molecule has 2 heterocycles. The maximum atomic E-state index is 12.0. The highest BCUT2D eigenvalue weighted by molar-refractivity contribution is 5.76. The molecular formula is C17H23N5O. The van der Waals surface area contributed by atoms with Crippen molar-refractivity contribution in [3.8, 4) is 0 Å². The fourth-order valence-corrected chi connectivity index (χ4v) is 2.95. The smallest absolute Gasteiger partial charge is 0.220 e. The first kappa shape index (κ1) is 15.5. The Morgan fingerprint density at radius 2 is 2.09 bits per heavy atom. The van der Waals surface area contributed by atoms with E-state index in [-0.39, 0.29) is 5.91 Å². The molecule has 1 aromatic heterocycles. The van der Waals surface area contributed by atoms with Gasteiger partial charge in [-0.1, -0.05) is 24.6 Å². The number of nitrogens with zero attached hydrogens (tertiary/aromatic N) is 3. The van der Waals surface area contributed by atoms with E-state index in [9.17, 15) is 4.79 Å². The largest absolute Gasteiger partial charge is 0.399 e. The van der Waals surface area contributed by atoms with Gasteiger partial charge in [0.25, 0.3) is 0 Å². The molecule has 23 heavy (non-hydrogen) atoms. The maximum Gasteiger partial charge on any atom is 0.220 e. The Balaban J connectivity index is 1.51. The first-order chi connectivity index (χ1) is 11.2.